The Morgan fingerprint density at radius 3 is 2.50 bits per heavy atom. The first-order valence-corrected chi connectivity index (χ1v) is 11.1. The summed E-state index contributed by atoms with van der Waals surface area (Å²) in [6.45, 7) is 1.24. The van der Waals surface area contributed by atoms with E-state index in [1.54, 1.807) is 18.0 Å². The molecule has 4 rings (SSSR count). The number of amides is 1. The lowest BCUT2D eigenvalue weighted by molar-refractivity contribution is 0.0986. The highest BCUT2D eigenvalue weighted by Crippen LogP contribution is 2.41. The molecule has 0 bridgehead atoms. The number of rotatable bonds is 5. The first kappa shape index (κ1) is 22.6. The Hall–Kier alpha value is -2.60. The number of ether oxygens (including phenoxy) is 1. The Morgan fingerprint density at radius 1 is 1.09 bits per heavy atom. The van der Waals surface area contributed by atoms with Gasteiger partial charge >= 0.3 is 6.09 Å². The van der Waals surface area contributed by atoms with E-state index < -0.39 is 17.4 Å². The molecule has 2 atom stereocenters. The Bertz CT molecular complexity index is 1090. The van der Waals surface area contributed by atoms with Crippen molar-refractivity contribution in [3.63, 3.8) is 0 Å². The maximum absolute atomic E-state index is 13.3. The van der Waals surface area contributed by atoms with Crippen LogP contribution in [0.5, 0.6) is 5.75 Å². The van der Waals surface area contributed by atoms with Crippen LogP contribution >= 0.6 is 23.2 Å². The van der Waals surface area contributed by atoms with Crippen LogP contribution in [0.3, 0.4) is 0 Å². The van der Waals surface area contributed by atoms with Gasteiger partial charge in [0, 0.05) is 26.1 Å². The van der Waals surface area contributed by atoms with Gasteiger partial charge in [0.1, 0.15) is 11.6 Å². The molecule has 3 aromatic carbocycles. The number of nitrogens with zero attached hydrogens (tertiary/aromatic N) is 1. The Labute approximate surface area is 196 Å². The predicted molar refractivity (Wildman–Crippen MR) is 125 cm³/mol. The third kappa shape index (κ3) is 4.60. The average Bonchev–Trinajstić information content (AvgIpc) is 3.22. The van der Waals surface area contributed by atoms with Crippen LogP contribution in [0.15, 0.2) is 72.8 Å². The molecule has 166 valence electrons. The quantitative estimate of drug-likeness (QED) is 0.500. The van der Waals surface area contributed by atoms with Crippen molar-refractivity contribution in [1.29, 1.82) is 0 Å². The van der Waals surface area contributed by atoms with Gasteiger partial charge in [-0.15, -0.1) is 0 Å². The number of carbonyl (C=O) groups excluding carboxylic acids is 1. The molecule has 0 unspecified atom stereocenters. The topological polar surface area (TPSA) is 41.6 Å². The van der Waals surface area contributed by atoms with Crippen LogP contribution in [0, 0.1) is 5.82 Å². The Kier molecular flexibility index (Phi) is 6.70. The third-order valence-corrected chi connectivity index (χ3v) is 6.83. The van der Waals surface area contributed by atoms with Crippen LogP contribution in [0.1, 0.15) is 17.0 Å². The molecule has 1 aliphatic heterocycles. The summed E-state index contributed by atoms with van der Waals surface area (Å²) < 4.78 is 18.8. The normalized spacial score (nSPS) is 20.2. The zero-order valence-electron chi connectivity index (χ0n) is 17.5. The van der Waals surface area contributed by atoms with E-state index in [9.17, 15) is 9.18 Å². The highest BCUT2D eigenvalue weighted by molar-refractivity contribution is 6.42. The summed E-state index contributed by atoms with van der Waals surface area (Å²) in [4.78, 5) is 14.9. The number of hydrogen-bond acceptors (Lipinski definition) is 3. The standard InChI is InChI=1S/C25H23Cl2FN2O2/c1-30(24(31)32-20-10-8-19(28)9-11-20)25(14-17-5-3-2-4-6-17)16-29-15-21(25)18-7-12-22(26)23(27)13-18/h2-13,21,29H,14-16H2,1H3/t21-,25+/m0/s1. The van der Waals surface area contributed by atoms with Crippen LogP contribution in [0.2, 0.25) is 10.0 Å². The van der Waals surface area contributed by atoms with Gasteiger partial charge in [-0.1, -0.05) is 59.6 Å². The van der Waals surface area contributed by atoms with E-state index >= 15 is 0 Å². The molecule has 1 N–H and O–H groups in total. The van der Waals surface area contributed by atoms with E-state index in [4.69, 9.17) is 27.9 Å². The van der Waals surface area contributed by atoms with E-state index in [2.05, 4.69) is 5.32 Å². The van der Waals surface area contributed by atoms with E-state index in [0.29, 0.717) is 29.6 Å². The number of nitrogens with one attached hydrogen (secondary N) is 1. The van der Waals surface area contributed by atoms with E-state index in [-0.39, 0.29) is 11.7 Å². The molecule has 1 fully saturated rings. The smallest absolute Gasteiger partial charge is 0.410 e. The minimum absolute atomic E-state index is 0.0526. The average molecular weight is 473 g/mol. The van der Waals surface area contributed by atoms with Crippen LogP contribution < -0.4 is 10.1 Å². The second-order valence-electron chi connectivity index (χ2n) is 8.00. The molecular weight excluding hydrogens is 450 g/mol. The summed E-state index contributed by atoms with van der Waals surface area (Å²) in [5.41, 5.74) is 1.47. The lowest BCUT2D eigenvalue weighted by Gasteiger charge is -2.42. The first-order chi connectivity index (χ1) is 15.4. The number of carbonyl (C=O) groups is 1. The molecule has 0 aromatic heterocycles. The van der Waals surface area contributed by atoms with Crippen molar-refractivity contribution in [2.24, 2.45) is 0 Å². The fourth-order valence-corrected chi connectivity index (χ4v) is 4.67. The molecule has 0 aliphatic carbocycles. The second-order valence-corrected chi connectivity index (χ2v) is 8.82. The van der Waals surface area contributed by atoms with Gasteiger partial charge < -0.3 is 15.0 Å². The lowest BCUT2D eigenvalue weighted by Crippen LogP contribution is -2.56. The third-order valence-electron chi connectivity index (χ3n) is 6.09. The van der Waals surface area contributed by atoms with Crippen molar-refractivity contribution in [3.8, 4) is 5.75 Å². The fourth-order valence-electron chi connectivity index (χ4n) is 4.36. The van der Waals surface area contributed by atoms with Gasteiger partial charge in [0.25, 0.3) is 0 Å². The van der Waals surface area contributed by atoms with E-state index in [1.165, 1.54) is 24.3 Å². The predicted octanol–water partition coefficient (Wildman–Crippen LogP) is 5.93. The molecule has 1 aliphatic rings. The summed E-state index contributed by atoms with van der Waals surface area (Å²) in [5, 5.41) is 4.41. The van der Waals surface area contributed by atoms with Crippen molar-refractivity contribution < 1.29 is 13.9 Å². The molecule has 4 nitrogen and oxygen atoms in total. The summed E-state index contributed by atoms with van der Waals surface area (Å²) in [6.07, 6.45) is 0.0992. The summed E-state index contributed by atoms with van der Waals surface area (Å²) in [5.74, 6) is -0.156. The minimum atomic E-state index is -0.615. The summed E-state index contributed by atoms with van der Waals surface area (Å²) >= 11 is 12.5. The maximum atomic E-state index is 13.3. The molecule has 1 saturated heterocycles. The van der Waals surface area contributed by atoms with Crippen LogP contribution in [0.4, 0.5) is 9.18 Å². The number of halogens is 3. The van der Waals surface area contributed by atoms with Crippen molar-refractivity contribution in [2.45, 2.75) is 17.9 Å². The second kappa shape index (κ2) is 9.49. The monoisotopic (exact) mass is 472 g/mol. The van der Waals surface area contributed by atoms with Crippen molar-refractivity contribution >= 4 is 29.3 Å². The Balaban J connectivity index is 1.70. The summed E-state index contributed by atoms with van der Waals surface area (Å²) in [7, 11) is 1.74. The molecule has 0 radical (unpaired) electrons. The molecular formula is C25H23Cl2FN2O2. The van der Waals surface area contributed by atoms with Gasteiger partial charge in [-0.05, 0) is 53.9 Å². The van der Waals surface area contributed by atoms with Gasteiger partial charge in [-0.3, -0.25) is 0 Å². The summed E-state index contributed by atoms with van der Waals surface area (Å²) in [6, 6.07) is 21.0. The fraction of sp³-hybridized carbons (Fsp3) is 0.240. The van der Waals surface area contributed by atoms with E-state index in [1.807, 2.05) is 42.5 Å². The largest absolute Gasteiger partial charge is 0.415 e. The maximum Gasteiger partial charge on any atom is 0.415 e. The molecule has 1 heterocycles. The van der Waals surface area contributed by atoms with Crippen LogP contribution in [-0.4, -0.2) is 36.7 Å². The molecule has 0 spiro atoms. The Morgan fingerprint density at radius 2 is 1.81 bits per heavy atom. The lowest BCUT2D eigenvalue weighted by atomic mass is 9.76. The zero-order chi connectivity index (χ0) is 22.7. The van der Waals surface area contributed by atoms with Gasteiger partial charge in [0.15, 0.2) is 0 Å². The van der Waals surface area contributed by atoms with Gasteiger partial charge in [0.05, 0.1) is 15.6 Å². The van der Waals surface area contributed by atoms with Gasteiger partial charge in [-0.2, -0.15) is 0 Å². The van der Waals surface area contributed by atoms with Crippen LogP contribution in [0.25, 0.3) is 0 Å². The van der Waals surface area contributed by atoms with Crippen molar-refractivity contribution in [3.05, 3.63) is 99.8 Å². The number of hydrogen-bond donors (Lipinski definition) is 1. The van der Waals surface area contributed by atoms with Gasteiger partial charge in [0.2, 0.25) is 0 Å². The van der Waals surface area contributed by atoms with E-state index in [0.717, 1.165) is 11.1 Å². The zero-order valence-corrected chi connectivity index (χ0v) is 19.0. The molecule has 7 heteroatoms. The SMILES string of the molecule is CN(C(=O)Oc1ccc(F)cc1)[C@]1(Cc2ccccc2)CNC[C@H]1c1ccc(Cl)c(Cl)c1. The molecule has 0 saturated carbocycles. The number of benzene rings is 3. The molecule has 3 aromatic rings. The highest BCUT2D eigenvalue weighted by Gasteiger charge is 2.49. The van der Waals surface area contributed by atoms with Crippen molar-refractivity contribution in [1.82, 2.24) is 10.2 Å². The van der Waals surface area contributed by atoms with Crippen LogP contribution in [-0.2, 0) is 6.42 Å². The molecule has 32 heavy (non-hydrogen) atoms. The molecule has 1 amide bonds. The number of likely N-dealkylation sites (N-methyl/N-ethyl adjacent to an activating group) is 1. The van der Waals surface area contributed by atoms with Crippen molar-refractivity contribution in [2.75, 3.05) is 20.1 Å². The minimum Gasteiger partial charge on any atom is -0.410 e. The van der Waals surface area contributed by atoms with Gasteiger partial charge in [-0.25, -0.2) is 9.18 Å². The first-order valence-electron chi connectivity index (χ1n) is 10.3. The highest BCUT2D eigenvalue weighted by atomic mass is 35.5.